The lowest BCUT2D eigenvalue weighted by atomic mass is 9.97. The van der Waals surface area contributed by atoms with Crippen molar-refractivity contribution in [2.75, 3.05) is 11.9 Å². The predicted molar refractivity (Wildman–Crippen MR) is 64.2 cm³/mol. The molecule has 1 aromatic heterocycles. The molecule has 1 aliphatic rings. The van der Waals surface area contributed by atoms with Crippen molar-refractivity contribution >= 4 is 5.95 Å². The lowest BCUT2D eigenvalue weighted by Crippen LogP contribution is -2.30. The van der Waals surface area contributed by atoms with E-state index in [1.807, 2.05) is 13.8 Å². The number of halogens is 3. The van der Waals surface area contributed by atoms with Crippen LogP contribution in [0.3, 0.4) is 0 Å². The first kappa shape index (κ1) is 14.0. The molecule has 1 fully saturated rings. The normalized spacial score (nSPS) is 27.5. The average molecular weight is 275 g/mol. The quantitative estimate of drug-likeness (QED) is 0.778. The molecule has 0 aliphatic carbocycles. The number of anilines is 1. The highest BCUT2D eigenvalue weighted by Gasteiger charge is 2.33. The second-order valence-corrected chi connectivity index (χ2v) is 4.67. The SMILES string of the molecule is CC1NNC(C)C1CNc1nccc(C(F)(F)F)n1. The van der Waals surface area contributed by atoms with E-state index in [0.717, 1.165) is 12.3 Å². The van der Waals surface area contributed by atoms with Gasteiger partial charge in [0.15, 0.2) is 0 Å². The number of alkyl halides is 3. The molecule has 5 nitrogen and oxygen atoms in total. The molecular formula is C11H16F3N5. The Bertz CT molecular complexity index is 427. The van der Waals surface area contributed by atoms with Crippen molar-refractivity contribution in [1.29, 1.82) is 0 Å². The van der Waals surface area contributed by atoms with Gasteiger partial charge in [-0.3, -0.25) is 10.9 Å². The van der Waals surface area contributed by atoms with Gasteiger partial charge in [0.1, 0.15) is 5.69 Å². The van der Waals surface area contributed by atoms with Crippen LogP contribution in [0.1, 0.15) is 19.5 Å². The summed E-state index contributed by atoms with van der Waals surface area (Å²) in [6, 6.07) is 1.32. The third-order valence-corrected chi connectivity index (χ3v) is 3.27. The van der Waals surface area contributed by atoms with Gasteiger partial charge in [-0.15, -0.1) is 0 Å². The lowest BCUT2D eigenvalue weighted by molar-refractivity contribution is -0.141. The van der Waals surface area contributed by atoms with Crippen LogP contribution in [0.4, 0.5) is 19.1 Å². The molecule has 0 aromatic carbocycles. The molecule has 19 heavy (non-hydrogen) atoms. The minimum atomic E-state index is -4.45. The number of hydrogen-bond donors (Lipinski definition) is 3. The molecule has 106 valence electrons. The third-order valence-electron chi connectivity index (χ3n) is 3.27. The molecule has 0 spiro atoms. The second kappa shape index (κ2) is 5.30. The summed E-state index contributed by atoms with van der Waals surface area (Å²) in [4.78, 5) is 7.27. The number of nitrogens with zero attached hydrogens (tertiary/aromatic N) is 2. The number of rotatable bonds is 3. The van der Waals surface area contributed by atoms with Gasteiger partial charge in [-0.05, 0) is 19.9 Å². The van der Waals surface area contributed by atoms with Crippen molar-refractivity contribution < 1.29 is 13.2 Å². The Morgan fingerprint density at radius 2 is 1.89 bits per heavy atom. The Balaban J connectivity index is 2.00. The zero-order chi connectivity index (χ0) is 14.0. The van der Waals surface area contributed by atoms with Gasteiger partial charge < -0.3 is 5.32 Å². The number of hydrazine groups is 1. The number of aromatic nitrogens is 2. The summed E-state index contributed by atoms with van der Waals surface area (Å²) >= 11 is 0. The smallest absolute Gasteiger partial charge is 0.354 e. The number of hydrogen-bond acceptors (Lipinski definition) is 5. The van der Waals surface area contributed by atoms with Crippen molar-refractivity contribution in [1.82, 2.24) is 20.8 Å². The van der Waals surface area contributed by atoms with Gasteiger partial charge in [0.25, 0.3) is 0 Å². The monoisotopic (exact) mass is 275 g/mol. The molecule has 2 atom stereocenters. The zero-order valence-corrected chi connectivity index (χ0v) is 10.6. The summed E-state index contributed by atoms with van der Waals surface area (Å²) in [5.41, 5.74) is 5.22. The average Bonchev–Trinajstić information content (AvgIpc) is 2.66. The number of nitrogens with one attached hydrogen (secondary N) is 3. The minimum absolute atomic E-state index is 0.00104. The van der Waals surface area contributed by atoms with Crippen molar-refractivity contribution in [3.05, 3.63) is 18.0 Å². The van der Waals surface area contributed by atoms with E-state index in [1.165, 1.54) is 0 Å². The van der Waals surface area contributed by atoms with Gasteiger partial charge in [0.05, 0.1) is 0 Å². The van der Waals surface area contributed by atoms with Gasteiger partial charge in [-0.25, -0.2) is 9.97 Å². The fourth-order valence-electron chi connectivity index (χ4n) is 2.07. The van der Waals surface area contributed by atoms with Crippen LogP contribution in [0.2, 0.25) is 0 Å². The van der Waals surface area contributed by atoms with Crippen LogP contribution in [0.5, 0.6) is 0 Å². The predicted octanol–water partition coefficient (Wildman–Crippen LogP) is 1.41. The molecule has 1 aromatic rings. The Morgan fingerprint density at radius 3 is 2.47 bits per heavy atom. The molecule has 2 rings (SSSR count). The van der Waals surface area contributed by atoms with Crippen LogP contribution >= 0.6 is 0 Å². The van der Waals surface area contributed by atoms with Gasteiger partial charge in [-0.2, -0.15) is 13.2 Å². The Labute approximate surface area is 109 Å². The summed E-state index contributed by atoms with van der Waals surface area (Å²) in [6.45, 7) is 4.52. The minimum Gasteiger partial charge on any atom is -0.354 e. The van der Waals surface area contributed by atoms with Gasteiger partial charge in [0, 0.05) is 30.7 Å². The van der Waals surface area contributed by atoms with E-state index in [4.69, 9.17) is 0 Å². The van der Waals surface area contributed by atoms with Crippen LogP contribution in [-0.4, -0.2) is 28.6 Å². The molecule has 0 amide bonds. The highest BCUT2D eigenvalue weighted by Crippen LogP contribution is 2.27. The first-order chi connectivity index (χ1) is 8.88. The first-order valence-electron chi connectivity index (χ1n) is 6.03. The largest absolute Gasteiger partial charge is 0.433 e. The van der Waals surface area contributed by atoms with E-state index in [2.05, 4.69) is 26.1 Å². The summed E-state index contributed by atoms with van der Waals surface area (Å²) in [5.74, 6) is 0.249. The van der Waals surface area contributed by atoms with Crippen LogP contribution in [-0.2, 0) is 6.18 Å². The van der Waals surface area contributed by atoms with Gasteiger partial charge in [0.2, 0.25) is 5.95 Å². The Hall–Kier alpha value is -1.41. The fourth-order valence-corrected chi connectivity index (χ4v) is 2.07. The van der Waals surface area contributed by atoms with Crippen molar-refractivity contribution in [3.63, 3.8) is 0 Å². The highest BCUT2D eigenvalue weighted by atomic mass is 19.4. The van der Waals surface area contributed by atoms with E-state index in [-0.39, 0.29) is 23.9 Å². The van der Waals surface area contributed by atoms with E-state index < -0.39 is 11.9 Å². The summed E-state index contributed by atoms with van der Waals surface area (Å²) in [7, 11) is 0. The zero-order valence-electron chi connectivity index (χ0n) is 10.6. The highest BCUT2D eigenvalue weighted by molar-refractivity contribution is 5.26. The second-order valence-electron chi connectivity index (χ2n) is 4.67. The van der Waals surface area contributed by atoms with E-state index >= 15 is 0 Å². The fraction of sp³-hybridized carbons (Fsp3) is 0.636. The summed E-state index contributed by atoms with van der Waals surface area (Å²) in [5, 5.41) is 2.86. The maximum atomic E-state index is 12.5. The van der Waals surface area contributed by atoms with Crippen LogP contribution in [0.25, 0.3) is 0 Å². The molecule has 3 N–H and O–H groups in total. The van der Waals surface area contributed by atoms with Crippen LogP contribution < -0.4 is 16.2 Å². The standard InChI is InChI=1S/C11H16F3N5/c1-6-8(7(2)19-18-6)5-16-10-15-4-3-9(17-10)11(12,13)14/h3-4,6-8,18-19H,5H2,1-2H3,(H,15,16,17). The van der Waals surface area contributed by atoms with Crippen LogP contribution in [0.15, 0.2) is 12.3 Å². The topological polar surface area (TPSA) is 61.9 Å². The third kappa shape index (κ3) is 3.32. The molecule has 1 saturated heterocycles. The first-order valence-corrected chi connectivity index (χ1v) is 6.03. The van der Waals surface area contributed by atoms with Crippen molar-refractivity contribution in [2.24, 2.45) is 5.92 Å². The van der Waals surface area contributed by atoms with Crippen LogP contribution in [0, 0.1) is 5.92 Å². The molecule has 8 heteroatoms. The molecule has 1 aliphatic heterocycles. The van der Waals surface area contributed by atoms with E-state index in [9.17, 15) is 13.2 Å². The van der Waals surface area contributed by atoms with Gasteiger partial charge >= 0.3 is 6.18 Å². The maximum absolute atomic E-state index is 12.5. The lowest BCUT2D eigenvalue weighted by Gasteiger charge is -2.18. The molecule has 0 radical (unpaired) electrons. The van der Waals surface area contributed by atoms with E-state index in [0.29, 0.717) is 6.54 Å². The van der Waals surface area contributed by atoms with Gasteiger partial charge in [-0.1, -0.05) is 0 Å². The van der Waals surface area contributed by atoms with Crippen molar-refractivity contribution in [3.8, 4) is 0 Å². The molecule has 2 heterocycles. The van der Waals surface area contributed by atoms with Crippen molar-refractivity contribution in [2.45, 2.75) is 32.1 Å². The Morgan fingerprint density at radius 1 is 1.26 bits per heavy atom. The Kier molecular flexibility index (Phi) is 3.91. The summed E-state index contributed by atoms with van der Waals surface area (Å²) < 4.78 is 37.5. The summed E-state index contributed by atoms with van der Waals surface area (Å²) in [6.07, 6.45) is -3.34. The molecular weight excluding hydrogens is 259 g/mol. The molecule has 0 bridgehead atoms. The molecule has 0 saturated carbocycles. The van der Waals surface area contributed by atoms with E-state index in [1.54, 1.807) is 0 Å². The molecule has 2 unspecified atom stereocenters. The maximum Gasteiger partial charge on any atom is 0.433 e.